The maximum absolute atomic E-state index is 13.9. The molecule has 0 amide bonds. The van der Waals surface area contributed by atoms with Crippen LogP contribution in [0.2, 0.25) is 0 Å². The minimum Gasteiger partial charge on any atom is -0.367 e. The van der Waals surface area contributed by atoms with Crippen molar-refractivity contribution in [3.63, 3.8) is 0 Å². The molecule has 2 aromatic carbocycles. The van der Waals surface area contributed by atoms with Crippen molar-refractivity contribution in [2.75, 3.05) is 11.4 Å². The van der Waals surface area contributed by atoms with E-state index in [1.54, 1.807) is 6.07 Å². The molecule has 0 saturated carbocycles. The summed E-state index contributed by atoms with van der Waals surface area (Å²) in [5.41, 5.74) is 3.59. The maximum atomic E-state index is 13.9. The lowest BCUT2D eigenvalue weighted by molar-refractivity contribution is 0.597. The number of halogens is 1. The molecule has 0 aliphatic carbocycles. The monoisotopic (exact) mass is 266 g/mol. The van der Waals surface area contributed by atoms with Gasteiger partial charge in [-0.25, -0.2) is 4.39 Å². The molecule has 0 saturated heterocycles. The molecule has 100 valence electrons. The van der Waals surface area contributed by atoms with E-state index in [2.05, 4.69) is 23.1 Å². The number of fused-ring (bicyclic) bond motifs is 1. The largest absolute Gasteiger partial charge is 0.367 e. The second-order valence-corrected chi connectivity index (χ2v) is 5.07. The van der Waals surface area contributed by atoms with Crippen molar-refractivity contribution >= 4 is 5.69 Å². The summed E-state index contributed by atoms with van der Waals surface area (Å²) in [6.45, 7) is 1.44. The third kappa shape index (κ3) is 2.37. The molecule has 0 atom stereocenters. The Morgan fingerprint density at radius 1 is 1.20 bits per heavy atom. The van der Waals surface area contributed by atoms with E-state index in [-0.39, 0.29) is 5.82 Å². The van der Waals surface area contributed by atoms with Gasteiger partial charge in [-0.15, -0.1) is 0 Å². The maximum Gasteiger partial charge on any atom is 0.128 e. The van der Waals surface area contributed by atoms with E-state index in [1.165, 1.54) is 23.4 Å². The normalized spacial score (nSPS) is 13.7. The smallest absolute Gasteiger partial charge is 0.128 e. The number of hydrogen-bond donors (Lipinski definition) is 0. The van der Waals surface area contributed by atoms with Gasteiger partial charge in [-0.2, -0.15) is 5.26 Å². The lowest BCUT2D eigenvalue weighted by atomic mass is 10.0. The summed E-state index contributed by atoms with van der Waals surface area (Å²) in [6, 6.07) is 14.9. The lowest BCUT2D eigenvalue weighted by Crippen LogP contribution is -2.29. The molecule has 2 nitrogen and oxygen atoms in total. The lowest BCUT2D eigenvalue weighted by Gasteiger charge is -2.31. The molecule has 1 aliphatic heterocycles. The van der Waals surface area contributed by atoms with Gasteiger partial charge in [0, 0.05) is 24.3 Å². The Morgan fingerprint density at radius 2 is 2.05 bits per heavy atom. The average Bonchev–Trinajstić information content (AvgIpc) is 2.50. The first-order valence-corrected chi connectivity index (χ1v) is 6.79. The number of nitrogens with zero attached hydrogens (tertiary/aromatic N) is 2. The van der Waals surface area contributed by atoms with Gasteiger partial charge in [0.05, 0.1) is 11.6 Å². The molecule has 0 unspecified atom stereocenters. The minimum absolute atomic E-state index is 0.243. The van der Waals surface area contributed by atoms with Crippen molar-refractivity contribution in [1.29, 1.82) is 5.26 Å². The van der Waals surface area contributed by atoms with E-state index in [4.69, 9.17) is 5.26 Å². The molecule has 20 heavy (non-hydrogen) atoms. The third-order valence-electron chi connectivity index (χ3n) is 3.74. The highest BCUT2D eigenvalue weighted by atomic mass is 19.1. The van der Waals surface area contributed by atoms with Crippen molar-refractivity contribution < 1.29 is 4.39 Å². The number of nitriles is 1. The van der Waals surface area contributed by atoms with Crippen LogP contribution in [-0.2, 0) is 13.0 Å². The Balaban J connectivity index is 1.91. The van der Waals surface area contributed by atoms with Crippen LogP contribution in [0.25, 0.3) is 0 Å². The van der Waals surface area contributed by atoms with Crippen LogP contribution in [0.1, 0.15) is 23.1 Å². The summed E-state index contributed by atoms with van der Waals surface area (Å²) in [7, 11) is 0. The van der Waals surface area contributed by atoms with Gasteiger partial charge in [0.1, 0.15) is 5.82 Å². The zero-order chi connectivity index (χ0) is 13.9. The van der Waals surface area contributed by atoms with Crippen LogP contribution in [0.3, 0.4) is 0 Å². The highest BCUT2D eigenvalue weighted by Gasteiger charge is 2.17. The number of benzene rings is 2. The van der Waals surface area contributed by atoms with Gasteiger partial charge in [-0.3, -0.25) is 0 Å². The quantitative estimate of drug-likeness (QED) is 0.829. The van der Waals surface area contributed by atoms with Crippen LogP contribution in [-0.4, -0.2) is 6.54 Å². The van der Waals surface area contributed by atoms with Gasteiger partial charge >= 0.3 is 0 Å². The van der Waals surface area contributed by atoms with Crippen molar-refractivity contribution in [1.82, 2.24) is 0 Å². The fourth-order valence-electron chi connectivity index (χ4n) is 2.75. The van der Waals surface area contributed by atoms with Crippen LogP contribution < -0.4 is 4.90 Å². The van der Waals surface area contributed by atoms with Crippen LogP contribution in [0.5, 0.6) is 0 Å². The number of para-hydroxylation sites is 1. The Kier molecular flexibility index (Phi) is 3.39. The summed E-state index contributed by atoms with van der Waals surface area (Å²) >= 11 is 0. The number of aryl methyl sites for hydroxylation is 1. The fourth-order valence-corrected chi connectivity index (χ4v) is 2.75. The van der Waals surface area contributed by atoms with Gasteiger partial charge in [-0.1, -0.05) is 18.2 Å². The second kappa shape index (κ2) is 5.34. The number of hydrogen-bond acceptors (Lipinski definition) is 2. The van der Waals surface area contributed by atoms with E-state index < -0.39 is 0 Å². The second-order valence-electron chi connectivity index (χ2n) is 5.07. The summed E-state index contributed by atoms with van der Waals surface area (Å²) < 4.78 is 13.9. The first kappa shape index (κ1) is 12.7. The van der Waals surface area contributed by atoms with E-state index in [0.717, 1.165) is 19.4 Å². The molecule has 0 aromatic heterocycles. The molecule has 3 heteroatoms. The van der Waals surface area contributed by atoms with Crippen molar-refractivity contribution in [3.8, 4) is 6.07 Å². The summed E-state index contributed by atoms with van der Waals surface area (Å²) in [6.07, 6.45) is 2.16. The Morgan fingerprint density at radius 3 is 2.90 bits per heavy atom. The van der Waals surface area contributed by atoms with Crippen LogP contribution in [0.4, 0.5) is 10.1 Å². The van der Waals surface area contributed by atoms with Crippen molar-refractivity contribution in [2.45, 2.75) is 19.4 Å². The zero-order valence-electron chi connectivity index (χ0n) is 11.1. The molecule has 0 spiro atoms. The highest BCUT2D eigenvalue weighted by molar-refractivity contribution is 5.56. The molecular formula is C17H15FN2. The fraction of sp³-hybridized carbons (Fsp3) is 0.235. The van der Waals surface area contributed by atoms with Gasteiger partial charge in [0.15, 0.2) is 0 Å². The predicted molar refractivity (Wildman–Crippen MR) is 76.9 cm³/mol. The van der Waals surface area contributed by atoms with E-state index in [1.807, 2.05) is 12.1 Å². The molecule has 0 radical (unpaired) electrons. The highest BCUT2D eigenvalue weighted by Crippen LogP contribution is 2.28. The predicted octanol–water partition coefficient (Wildman–Crippen LogP) is 3.65. The SMILES string of the molecule is N#Cc1ccc(F)c(CN2CCCc3ccccc32)c1. The zero-order valence-corrected chi connectivity index (χ0v) is 11.1. The number of anilines is 1. The topological polar surface area (TPSA) is 27.0 Å². The first-order valence-electron chi connectivity index (χ1n) is 6.79. The molecule has 0 fully saturated rings. The van der Waals surface area contributed by atoms with Crippen LogP contribution in [0, 0.1) is 17.1 Å². The molecule has 0 N–H and O–H groups in total. The van der Waals surface area contributed by atoms with Gasteiger partial charge in [-0.05, 0) is 42.7 Å². The van der Waals surface area contributed by atoms with Crippen LogP contribution >= 0.6 is 0 Å². The van der Waals surface area contributed by atoms with Gasteiger partial charge in [0.2, 0.25) is 0 Å². The number of rotatable bonds is 2. The molecule has 3 rings (SSSR count). The first-order chi connectivity index (χ1) is 9.78. The molecule has 2 aromatic rings. The molecule has 0 bridgehead atoms. The van der Waals surface area contributed by atoms with Gasteiger partial charge < -0.3 is 4.90 Å². The Bertz CT molecular complexity index is 673. The van der Waals surface area contributed by atoms with E-state index in [9.17, 15) is 4.39 Å². The van der Waals surface area contributed by atoms with Crippen molar-refractivity contribution in [3.05, 3.63) is 65.0 Å². The van der Waals surface area contributed by atoms with E-state index >= 15 is 0 Å². The van der Waals surface area contributed by atoms with Crippen molar-refractivity contribution in [2.24, 2.45) is 0 Å². The summed E-state index contributed by atoms with van der Waals surface area (Å²) in [4.78, 5) is 2.19. The standard InChI is InChI=1S/C17H15FN2/c18-16-8-7-13(11-19)10-15(16)12-20-9-3-5-14-4-1-2-6-17(14)20/h1-2,4,6-8,10H,3,5,9,12H2. The molecule has 1 aliphatic rings. The summed E-state index contributed by atoms with van der Waals surface area (Å²) in [5, 5.41) is 8.93. The van der Waals surface area contributed by atoms with Gasteiger partial charge in [0.25, 0.3) is 0 Å². The van der Waals surface area contributed by atoms with Crippen LogP contribution in [0.15, 0.2) is 42.5 Å². The van der Waals surface area contributed by atoms with E-state index in [0.29, 0.717) is 17.7 Å². The Hall–Kier alpha value is -2.34. The summed E-state index contributed by atoms with van der Waals surface area (Å²) in [5.74, 6) is -0.243. The molecule has 1 heterocycles. The molecular weight excluding hydrogens is 251 g/mol. The average molecular weight is 266 g/mol. The third-order valence-corrected chi connectivity index (χ3v) is 3.74. The minimum atomic E-state index is -0.243. The Labute approximate surface area is 118 Å².